The molecule has 0 unspecified atom stereocenters. The molecule has 488 valence electrons. The molecule has 0 saturated carbocycles. The Hall–Kier alpha value is -13.2. The van der Waals surface area contributed by atoms with E-state index in [0.29, 0.717) is 11.6 Å². The van der Waals surface area contributed by atoms with Crippen LogP contribution in [0.4, 0.5) is 0 Å². The number of thiophene rings is 2. The summed E-state index contributed by atoms with van der Waals surface area (Å²) in [5.41, 5.74) is 24.0. The van der Waals surface area contributed by atoms with Crippen LogP contribution in [-0.4, -0.2) is 29.1 Å². The van der Waals surface area contributed by atoms with Crippen molar-refractivity contribution in [3.63, 3.8) is 0 Å². The zero-order valence-electron chi connectivity index (χ0n) is 56.3. The first-order chi connectivity index (χ1) is 51.5. The third-order valence-electron chi connectivity index (χ3n) is 19.7. The second-order valence-electron chi connectivity index (χ2n) is 26.1. The van der Waals surface area contributed by atoms with Crippen LogP contribution in [0.1, 0.15) is 0 Å². The third-order valence-corrected chi connectivity index (χ3v) is 22.1. The first kappa shape index (κ1) is 61.8. The fourth-order valence-corrected chi connectivity index (χ4v) is 17.0. The van der Waals surface area contributed by atoms with Crippen LogP contribution in [0.15, 0.2) is 376 Å². The van der Waals surface area contributed by atoms with Gasteiger partial charge < -0.3 is 9.13 Å². The molecule has 0 N–H and O–H groups in total. The first-order valence-electron chi connectivity index (χ1n) is 35.0. The predicted molar refractivity (Wildman–Crippen MR) is 438 cm³/mol. The Bertz CT molecular complexity index is 6110. The third kappa shape index (κ3) is 11.6. The highest BCUT2D eigenvalue weighted by Crippen LogP contribution is 2.46. The number of hydrogen-bond donors (Lipinski definition) is 0. The summed E-state index contributed by atoms with van der Waals surface area (Å²) in [6.45, 7) is 0. The standard InChI is InChI=1S/2C48H31N3S/c1-4-12-32(13-5-1)33-20-22-34(23-21-33)41-31-42(50-48(49-41)37-16-8-3-9-17-37)35-24-27-39(28-25-35)51-43-19-11-10-18-40(43)46-44(51)29-26-38-30-45(52-47(38)46)36-14-6-2-7-15-36;1-4-12-32(13-5-1)33-20-22-35(23-21-33)42-31-41(34-14-6-2-7-15-34)49-48(50-42)37-24-27-39(28-25-37)51-43-19-11-10-18-40(43)46-44(51)29-26-38-30-45(52-47(38)46)36-16-8-3-9-17-36/h2*1-31H. The van der Waals surface area contributed by atoms with Crippen LogP contribution >= 0.6 is 22.7 Å². The van der Waals surface area contributed by atoms with Gasteiger partial charge in [0.2, 0.25) is 0 Å². The van der Waals surface area contributed by atoms with Crippen LogP contribution in [0.3, 0.4) is 0 Å². The van der Waals surface area contributed by atoms with E-state index in [0.717, 1.165) is 67.5 Å². The number of aromatic nitrogens is 6. The lowest BCUT2D eigenvalue weighted by molar-refractivity contribution is 1.16. The van der Waals surface area contributed by atoms with Gasteiger partial charge in [0, 0.05) is 85.5 Å². The van der Waals surface area contributed by atoms with Crippen molar-refractivity contribution in [2.75, 3.05) is 0 Å². The van der Waals surface area contributed by atoms with Crippen molar-refractivity contribution in [2.45, 2.75) is 0 Å². The van der Waals surface area contributed by atoms with Gasteiger partial charge in [-0.2, -0.15) is 0 Å². The SMILES string of the molecule is c1ccc(-c2ccc(-c3cc(-c4ccc(-n5c6ccccc6c6c7sc(-c8ccccc8)cc7ccc65)cc4)nc(-c4ccccc4)n3)cc2)cc1.c1ccc(-c2ccc(-c3cc(-c4ccccc4)nc(-c4ccc(-n5c6ccccc6c6c7sc(-c8ccccc8)cc7ccc65)cc4)n3)cc2)cc1. The Morgan fingerprint density at radius 3 is 0.846 bits per heavy atom. The maximum atomic E-state index is 5.14. The Balaban J connectivity index is 0.000000143. The average molecular weight is 1360 g/mol. The summed E-state index contributed by atoms with van der Waals surface area (Å²) >= 11 is 3.75. The molecule has 0 aliphatic rings. The summed E-state index contributed by atoms with van der Waals surface area (Å²) < 4.78 is 7.42. The molecule has 0 fully saturated rings. The molecule has 0 spiro atoms. The van der Waals surface area contributed by atoms with E-state index in [-0.39, 0.29) is 0 Å². The zero-order chi connectivity index (χ0) is 68.9. The number of rotatable bonds is 12. The van der Waals surface area contributed by atoms with E-state index in [2.05, 4.69) is 349 Å². The summed E-state index contributed by atoms with van der Waals surface area (Å²) in [5, 5.41) is 7.67. The Kier molecular flexibility index (Phi) is 15.9. The first-order valence-corrected chi connectivity index (χ1v) is 36.6. The van der Waals surface area contributed by atoms with Gasteiger partial charge in [0.25, 0.3) is 0 Å². The molecule has 6 heterocycles. The lowest BCUT2D eigenvalue weighted by Crippen LogP contribution is -1.97. The van der Waals surface area contributed by atoms with E-state index in [4.69, 9.17) is 19.9 Å². The molecule has 0 amide bonds. The summed E-state index contributed by atoms with van der Waals surface area (Å²) in [6, 6.07) is 133. The van der Waals surface area contributed by atoms with E-state index >= 15 is 0 Å². The van der Waals surface area contributed by atoms with Gasteiger partial charge in [-0.15, -0.1) is 22.7 Å². The molecule has 0 bridgehead atoms. The van der Waals surface area contributed by atoms with E-state index in [1.165, 1.54) is 107 Å². The quantitative estimate of drug-likeness (QED) is 0.122. The second-order valence-corrected chi connectivity index (χ2v) is 28.2. The van der Waals surface area contributed by atoms with Gasteiger partial charge in [-0.3, -0.25) is 0 Å². The van der Waals surface area contributed by atoms with Crippen molar-refractivity contribution in [2.24, 2.45) is 0 Å². The lowest BCUT2D eigenvalue weighted by Gasteiger charge is -2.12. The normalized spacial score (nSPS) is 11.5. The van der Waals surface area contributed by atoms with Gasteiger partial charge in [0.1, 0.15) is 0 Å². The van der Waals surface area contributed by atoms with Crippen LogP contribution < -0.4 is 0 Å². The van der Waals surface area contributed by atoms with E-state index in [1.807, 2.05) is 59.1 Å². The molecule has 6 nitrogen and oxygen atoms in total. The summed E-state index contributed by atoms with van der Waals surface area (Å²) in [6.07, 6.45) is 0. The van der Waals surface area contributed by atoms with Crippen molar-refractivity contribution >= 4 is 86.5 Å². The molecule has 6 aromatic heterocycles. The minimum absolute atomic E-state index is 0.700. The van der Waals surface area contributed by atoms with Crippen molar-refractivity contribution < 1.29 is 0 Å². The molecule has 8 heteroatoms. The Labute approximate surface area is 609 Å². The van der Waals surface area contributed by atoms with Gasteiger partial charge >= 0.3 is 0 Å². The minimum atomic E-state index is 0.700. The fraction of sp³-hybridized carbons (Fsp3) is 0. The van der Waals surface area contributed by atoms with E-state index < -0.39 is 0 Å². The maximum absolute atomic E-state index is 5.14. The molecular weight excluding hydrogens is 1300 g/mol. The molecule has 0 atom stereocenters. The molecule has 0 radical (unpaired) electrons. The smallest absolute Gasteiger partial charge is 0.160 e. The van der Waals surface area contributed by atoms with Gasteiger partial charge in [-0.1, -0.05) is 291 Å². The van der Waals surface area contributed by atoms with E-state index in [9.17, 15) is 0 Å². The monoisotopic (exact) mass is 1360 g/mol. The largest absolute Gasteiger partial charge is 0.309 e. The van der Waals surface area contributed by atoms with Gasteiger partial charge in [0.05, 0.1) is 44.8 Å². The number of hydrogen-bond acceptors (Lipinski definition) is 6. The predicted octanol–water partition coefficient (Wildman–Crippen LogP) is 26.2. The Morgan fingerprint density at radius 1 is 0.202 bits per heavy atom. The topological polar surface area (TPSA) is 61.4 Å². The van der Waals surface area contributed by atoms with Crippen LogP contribution in [-0.2, 0) is 0 Å². The number of para-hydroxylation sites is 2. The van der Waals surface area contributed by atoms with Crippen molar-refractivity contribution in [3.8, 4) is 122 Å². The highest BCUT2D eigenvalue weighted by Gasteiger charge is 2.21. The molecular formula is C96H62N6S2. The number of fused-ring (bicyclic) bond motifs is 10. The molecule has 0 aliphatic heterocycles. The molecule has 0 aliphatic carbocycles. The summed E-state index contributed by atoms with van der Waals surface area (Å²) in [7, 11) is 0. The molecule has 0 saturated heterocycles. The summed E-state index contributed by atoms with van der Waals surface area (Å²) in [5.74, 6) is 1.41. The summed E-state index contributed by atoms with van der Waals surface area (Å²) in [4.78, 5) is 23.0. The Morgan fingerprint density at radius 2 is 0.471 bits per heavy atom. The van der Waals surface area contributed by atoms with Crippen LogP contribution in [0.25, 0.3) is 186 Å². The van der Waals surface area contributed by atoms with Crippen LogP contribution in [0, 0.1) is 0 Å². The minimum Gasteiger partial charge on any atom is -0.309 e. The van der Waals surface area contributed by atoms with Crippen LogP contribution in [0.5, 0.6) is 0 Å². The molecule has 20 aromatic rings. The molecule has 20 rings (SSSR count). The highest BCUT2D eigenvalue weighted by molar-refractivity contribution is 7.23. The highest BCUT2D eigenvalue weighted by atomic mass is 32.1. The van der Waals surface area contributed by atoms with E-state index in [1.54, 1.807) is 0 Å². The van der Waals surface area contributed by atoms with Crippen molar-refractivity contribution in [1.82, 2.24) is 29.1 Å². The number of benzene rings is 14. The fourth-order valence-electron chi connectivity index (χ4n) is 14.6. The molecule has 104 heavy (non-hydrogen) atoms. The van der Waals surface area contributed by atoms with Gasteiger partial charge in [0.15, 0.2) is 11.6 Å². The number of nitrogens with zero attached hydrogens (tertiary/aromatic N) is 6. The average Bonchev–Trinajstić information content (AvgIpc) is 1.58. The zero-order valence-corrected chi connectivity index (χ0v) is 57.9. The lowest BCUT2D eigenvalue weighted by atomic mass is 10.0. The van der Waals surface area contributed by atoms with Gasteiger partial charge in [-0.25, -0.2) is 19.9 Å². The molecule has 14 aromatic carbocycles. The van der Waals surface area contributed by atoms with Crippen LogP contribution in [0.2, 0.25) is 0 Å². The second kappa shape index (κ2) is 26.7. The van der Waals surface area contributed by atoms with Gasteiger partial charge in [-0.05, 0) is 129 Å². The van der Waals surface area contributed by atoms with Crippen molar-refractivity contribution in [1.29, 1.82) is 0 Å². The maximum Gasteiger partial charge on any atom is 0.160 e. The van der Waals surface area contributed by atoms with Crippen molar-refractivity contribution in [3.05, 3.63) is 376 Å².